The van der Waals surface area contributed by atoms with Crippen molar-refractivity contribution in [1.82, 2.24) is 0 Å². The summed E-state index contributed by atoms with van der Waals surface area (Å²) in [7, 11) is 0. The smallest absolute Gasteiger partial charge is 0.303 e. The van der Waals surface area contributed by atoms with Gasteiger partial charge in [0, 0.05) is 25.2 Å². The van der Waals surface area contributed by atoms with Crippen LogP contribution in [-0.4, -0.2) is 48.9 Å². The Balaban J connectivity index is 2.93. The minimum atomic E-state index is -0.729. The second-order valence-electron chi connectivity index (χ2n) is 7.44. The molecule has 1 saturated heterocycles. The maximum atomic E-state index is 12.1. The van der Waals surface area contributed by atoms with Crippen molar-refractivity contribution in [2.75, 3.05) is 6.61 Å². The second kappa shape index (κ2) is 8.76. The molecular weight excluding hydrogens is 328 g/mol. The molecule has 7 heteroatoms. The maximum Gasteiger partial charge on any atom is 0.303 e. The molecule has 0 aromatic carbocycles. The van der Waals surface area contributed by atoms with Gasteiger partial charge >= 0.3 is 11.9 Å². The summed E-state index contributed by atoms with van der Waals surface area (Å²) < 4.78 is 22.3. The van der Waals surface area contributed by atoms with Crippen LogP contribution < -0.4 is 0 Å². The molecule has 0 aliphatic carbocycles. The molecule has 1 heterocycles. The van der Waals surface area contributed by atoms with E-state index < -0.39 is 47.9 Å². The van der Waals surface area contributed by atoms with Gasteiger partial charge in [-0.1, -0.05) is 34.6 Å². The molecule has 0 bridgehead atoms. The molecular formula is C18H30O7. The van der Waals surface area contributed by atoms with Gasteiger partial charge < -0.3 is 18.9 Å². The van der Waals surface area contributed by atoms with Crippen LogP contribution in [0.1, 0.15) is 54.9 Å². The normalized spacial score (nSPS) is 29.8. The molecule has 0 spiro atoms. The molecule has 1 rings (SSSR count). The van der Waals surface area contributed by atoms with Crippen LogP contribution in [-0.2, 0) is 33.3 Å². The Morgan fingerprint density at radius 1 is 1.00 bits per heavy atom. The molecule has 0 N–H and O–H groups in total. The van der Waals surface area contributed by atoms with Gasteiger partial charge in [0.1, 0.15) is 18.8 Å². The van der Waals surface area contributed by atoms with E-state index in [1.54, 1.807) is 6.92 Å². The van der Waals surface area contributed by atoms with Crippen molar-refractivity contribution in [3.8, 4) is 0 Å². The van der Waals surface area contributed by atoms with E-state index >= 15 is 0 Å². The predicted molar refractivity (Wildman–Crippen MR) is 89.6 cm³/mol. The monoisotopic (exact) mass is 358 g/mol. The first-order valence-electron chi connectivity index (χ1n) is 8.62. The first-order chi connectivity index (χ1) is 11.5. The van der Waals surface area contributed by atoms with E-state index in [0.29, 0.717) is 6.42 Å². The molecule has 0 aromatic rings. The van der Waals surface area contributed by atoms with E-state index in [4.69, 9.17) is 18.9 Å². The van der Waals surface area contributed by atoms with Gasteiger partial charge in [-0.15, -0.1) is 0 Å². The molecule has 144 valence electrons. The van der Waals surface area contributed by atoms with Crippen molar-refractivity contribution in [2.24, 2.45) is 11.3 Å². The highest BCUT2D eigenvalue weighted by atomic mass is 16.7. The van der Waals surface area contributed by atoms with Crippen LogP contribution in [0.15, 0.2) is 0 Å². The number of Topliss-reactive ketones (excluding diaryl/α,β-unsaturated/α-hetero) is 1. The first-order valence-corrected chi connectivity index (χ1v) is 8.62. The highest BCUT2D eigenvalue weighted by Crippen LogP contribution is 2.32. The fourth-order valence-corrected chi connectivity index (χ4v) is 2.63. The van der Waals surface area contributed by atoms with Crippen LogP contribution in [0.4, 0.5) is 0 Å². The van der Waals surface area contributed by atoms with Gasteiger partial charge in [-0.2, -0.15) is 0 Å². The largest absolute Gasteiger partial charge is 0.458 e. The Morgan fingerprint density at radius 3 is 1.96 bits per heavy atom. The summed E-state index contributed by atoms with van der Waals surface area (Å²) in [5.41, 5.74) is -0.516. The van der Waals surface area contributed by atoms with Crippen LogP contribution in [0.25, 0.3) is 0 Å². The van der Waals surface area contributed by atoms with Gasteiger partial charge in [-0.3, -0.25) is 14.4 Å². The van der Waals surface area contributed by atoms with Crippen molar-refractivity contribution in [3.63, 3.8) is 0 Å². The fourth-order valence-electron chi connectivity index (χ4n) is 2.63. The van der Waals surface area contributed by atoms with Gasteiger partial charge in [0.05, 0.1) is 0 Å². The van der Waals surface area contributed by atoms with E-state index in [0.717, 1.165) is 0 Å². The Hall–Kier alpha value is -1.47. The number of rotatable bonds is 6. The van der Waals surface area contributed by atoms with Gasteiger partial charge in [-0.25, -0.2) is 0 Å². The Bertz CT molecular complexity index is 494. The lowest BCUT2D eigenvalue weighted by molar-refractivity contribution is -0.282. The fraction of sp³-hybridized carbons (Fsp3) is 0.833. The lowest BCUT2D eigenvalue weighted by atomic mass is 9.90. The topological polar surface area (TPSA) is 88.1 Å². The van der Waals surface area contributed by atoms with Gasteiger partial charge in [0.15, 0.2) is 18.2 Å². The third-order valence-corrected chi connectivity index (χ3v) is 4.17. The SMILES string of the molecule is CC[C@H]1O[C@@H](OCC(=O)C(C)(C)C)[C@H](C)[C@@H](OC(C)=O)[C@H]1OC(C)=O. The van der Waals surface area contributed by atoms with E-state index in [-0.39, 0.29) is 12.4 Å². The number of carbonyl (C=O) groups is 3. The highest BCUT2D eigenvalue weighted by molar-refractivity contribution is 5.84. The molecule has 25 heavy (non-hydrogen) atoms. The summed E-state index contributed by atoms with van der Waals surface area (Å²) in [5.74, 6) is -1.40. The lowest BCUT2D eigenvalue weighted by Crippen LogP contribution is -2.57. The first kappa shape index (κ1) is 21.6. The molecule has 1 aliphatic heterocycles. The van der Waals surface area contributed by atoms with Crippen LogP contribution >= 0.6 is 0 Å². The molecule has 7 nitrogen and oxygen atoms in total. The molecule has 0 saturated carbocycles. The average molecular weight is 358 g/mol. The van der Waals surface area contributed by atoms with E-state index in [1.807, 2.05) is 27.7 Å². The molecule has 0 radical (unpaired) electrons. The Kier molecular flexibility index (Phi) is 7.56. The zero-order valence-electron chi connectivity index (χ0n) is 16.2. The second-order valence-corrected chi connectivity index (χ2v) is 7.44. The van der Waals surface area contributed by atoms with Gasteiger partial charge in [0.25, 0.3) is 0 Å². The third kappa shape index (κ3) is 6.08. The number of hydrogen-bond acceptors (Lipinski definition) is 7. The van der Waals surface area contributed by atoms with E-state index in [1.165, 1.54) is 13.8 Å². The zero-order chi connectivity index (χ0) is 19.4. The van der Waals surface area contributed by atoms with Gasteiger partial charge in [0.2, 0.25) is 0 Å². The van der Waals surface area contributed by atoms with E-state index in [9.17, 15) is 14.4 Å². The molecule has 0 aromatic heterocycles. The molecule has 0 amide bonds. The molecule has 5 atom stereocenters. The van der Waals surface area contributed by atoms with Crippen LogP contribution in [0.3, 0.4) is 0 Å². The van der Waals surface area contributed by atoms with Crippen molar-refractivity contribution in [2.45, 2.75) is 79.5 Å². The number of esters is 2. The van der Waals surface area contributed by atoms with Crippen molar-refractivity contribution in [3.05, 3.63) is 0 Å². The molecule has 1 aliphatic rings. The number of ketones is 1. The Morgan fingerprint density at radius 2 is 1.52 bits per heavy atom. The summed E-state index contributed by atoms with van der Waals surface area (Å²) in [6.07, 6.45) is -2.09. The zero-order valence-corrected chi connectivity index (χ0v) is 16.2. The van der Waals surface area contributed by atoms with Crippen LogP contribution in [0.5, 0.6) is 0 Å². The van der Waals surface area contributed by atoms with Crippen molar-refractivity contribution < 1.29 is 33.3 Å². The van der Waals surface area contributed by atoms with Crippen molar-refractivity contribution >= 4 is 17.7 Å². The van der Waals surface area contributed by atoms with E-state index in [2.05, 4.69) is 0 Å². The van der Waals surface area contributed by atoms with Crippen LogP contribution in [0.2, 0.25) is 0 Å². The number of ether oxygens (including phenoxy) is 4. The standard InChI is InChI=1S/C18H30O7/c1-8-13-16(24-12(4)20)15(23-11(3)19)10(2)17(25-13)22-9-14(21)18(5,6)7/h10,13,15-17H,8-9H2,1-7H3/t10-,13-,15-,16+,17-/m1/s1. The summed E-state index contributed by atoms with van der Waals surface area (Å²) in [6.45, 7) is 11.6. The maximum absolute atomic E-state index is 12.1. The number of hydrogen-bond donors (Lipinski definition) is 0. The summed E-state index contributed by atoms with van der Waals surface area (Å²) >= 11 is 0. The Labute approximate surface area is 149 Å². The summed E-state index contributed by atoms with van der Waals surface area (Å²) in [4.78, 5) is 35.0. The highest BCUT2D eigenvalue weighted by Gasteiger charge is 2.47. The predicted octanol–water partition coefficient (Wildman–Crippen LogP) is 2.25. The van der Waals surface area contributed by atoms with Crippen molar-refractivity contribution in [1.29, 1.82) is 0 Å². The molecule has 0 unspecified atom stereocenters. The lowest BCUT2D eigenvalue weighted by Gasteiger charge is -2.44. The van der Waals surface area contributed by atoms with Crippen LogP contribution in [0, 0.1) is 11.3 Å². The van der Waals surface area contributed by atoms with Gasteiger partial charge in [-0.05, 0) is 6.42 Å². The summed E-state index contributed by atoms with van der Waals surface area (Å²) in [6, 6.07) is 0. The molecule has 1 fully saturated rings. The average Bonchev–Trinajstić information content (AvgIpc) is 2.48. The minimum Gasteiger partial charge on any atom is -0.458 e. The number of carbonyl (C=O) groups excluding carboxylic acids is 3. The quantitative estimate of drug-likeness (QED) is 0.673. The third-order valence-electron chi connectivity index (χ3n) is 4.17. The minimum absolute atomic E-state index is 0.0532. The summed E-state index contributed by atoms with van der Waals surface area (Å²) in [5, 5.41) is 0.